The zero-order valence-corrected chi connectivity index (χ0v) is 22.9. The van der Waals surface area contributed by atoms with E-state index in [1.165, 1.54) is 0 Å². The molecule has 4 amide bonds. The number of ether oxygens (including phenoxy) is 3. The van der Waals surface area contributed by atoms with E-state index in [4.69, 9.17) is 19.3 Å². The number of carboxylic acid groups (broad SMARTS) is 1. The van der Waals surface area contributed by atoms with E-state index >= 15 is 0 Å². The van der Waals surface area contributed by atoms with Gasteiger partial charge in [0.25, 0.3) is 0 Å². The van der Waals surface area contributed by atoms with Gasteiger partial charge in [-0.25, -0.2) is 14.4 Å². The van der Waals surface area contributed by atoms with E-state index in [9.17, 15) is 24.0 Å². The van der Waals surface area contributed by atoms with Gasteiger partial charge in [0, 0.05) is 38.9 Å². The van der Waals surface area contributed by atoms with Crippen LogP contribution < -0.4 is 10.6 Å². The van der Waals surface area contributed by atoms with Crippen molar-refractivity contribution in [2.45, 2.75) is 84.0 Å². The number of hydrogen-bond donors (Lipinski definition) is 3. The van der Waals surface area contributed by atoms with Crippen LogP contribution in [-0.2, 0) is 23.8 Å². The van der Waals surface area contributed by atoms with Crippen LogP contribution in [0.4, 0.5) is 14.4 Å². The highest BCUT2D eigenvalue weighted by atomic mass is 16.6. The second-order valence-electron chi connectivity index (χ2n) is 11.3. The molecule has 2 saturated heterocycles. The second-order valence-corrected chi connectivity index (χ2v) is 11.3. The summed E-state index contributed by atoms with van der Waals surface area (Å²) < 4.78 is 15.9. The van der Waals surface area contributed by atoms with Crippen LogP contribution in [0, 0.1) is 0 Å². The largest absolute Gasteiger partial charge is 0.480 e. The predicted molar refractivity (Wildman–Crippen MR) is 135 cm³/mol. The van der Waals surface area contributed by atoms with Gasteiger partial charge in [-0.1, -0.05) is 0 Å². The molecule has 1 spiro atoms. The maximum atomic E-state index is 12.7. The molecule has 214 valence electrons. The van der Waals surface area contributed by atoms with Crippen molar-refractivity contribution in [3.8, 4) is 0 Å². The SMILES string of the molecule is CC(C)(C)OC(=O)NC(=NCCCC(=O)N1CCC2(CC1)CN(CC(=O)O)C(=O)O2)NC(=O)OC(C)(C)C. The molecule has 3 N–H and O–H groups in total. The molecule has 2 fully saturated rings. The molecule has 0 radical (unpaired) electrons. The highest BCUT2D eigenvalue weighted by Crippen LogP contribution is 2.33. The molecule has 0 saturated carbocycles. The normalized spacial score (nSPS) is 16.9. The number of guanidine groups is 1. The zero-order valence-electron chi connectivity index (χ0n) is 22.9. The average molecular weight is 542 g/mol. The first kappa shape index (κ1) is 30.6. The van der Waals surface area contributed by atoms with E-state index in [1.807, 2.05) is 0 Å². The number of carbonyl (C=O) groups excluding carboxylic acids is 4. The second kappa shape index (κ2) is 12.3. The number of nitrogens with one attached hydrogen (secondary N) is 2. The highest BCUT2D eigenvalue weighted by Gasteiger charge is 2.47. The van der Waals surface area contributed by atoms with Crippen LogP contribution in [0.2, 0.25) is 0 Å². The van der Waals surface area contributed by atoms with Gasteiger partial charge < -0.3 is 24.2 Å². The van der Waals surface area contributed by atoms with Crippen LogP contribution >= 0.6 is 0 Å². The Balaban J connectivity index is 1.86. The van der Waals surface area contributed by atoms with Crippen molar-refractivity contribution in [3.63, 3.8) is 0 Å². The van der Waals surface area contributed by atoms with Crippen LogP contribution in [0.15, 0.2) is 4.99 Å². The minimum atomic E-state index is -1.11. The summed E-state index contributed by atoms with van der Waals surface area (Å²) in [6, 6.07) is 0. The predicted octanol–water partition coefficient (Wildman–Crippen LogP) is 2.07. The number of likely N-dealkylation sites (tertiary alicyclic amines) is 1. The molecule has 0 bridgehead atoms. The van der Waals surface area contributed by atoms with Crippen molar-refractivity contribution in [2.24, 2.45) is 4.99 Å². The van der Waals surface area contributed by atoms with Gasteiger partial charge in [0.2, 0.25) is 11.9 Å². The average Bonchev–Trinajstić information content (AvgIpc) is 3.02. The summed E-state index contributed by atoms with van der Waals surface area (Å²) in [5, 5.41) is 13.7. The Bertz CT molecular complexity index is 912. The van der Waals surface area contributed by atoms with Crippen LogP contribution in [0.3, 0.4) is 0 Å². The number of amides is 4. The van der Waals surface area contributed by atoms with E-state index in [-0.39, 0.29) is 31.4 Å². The number of nitrogens with zero attached hydrogens (tertiary/aromatic N) is 3. The molecular weight excluding hydrogens is 502 g/mol. The van der Waals surface area contributed by atoms with Crippen LogP contribution in [0.25, 0.3) is 0 Å². The third-order valence-electron chi connectivity index (χ3n) is 5.45. The first-order chi connectivity index (χ1) is 17.5. The third-order valence-corrected chi connectivity index (χ3v) is 5.45. The molecular formula is C24H39N5O9. The Hall–Kier alpha value is -3.58. The van der Waals surface area contributed by atoms with Crippen molar-refractivity contribution >= 4 is 36.1 Å². The minimum absolute atomic E-state index is 0.108. The van der Waals surface area contributed by atoms with Crippen molar-refractivity contribution < 1.29 is 43.3 Å². The van der Waals surface area contributed by atoms with Crippen LogP contribution in [0.1, 0.15) is 67.2 Å². The molecule has 0 atom stereocenters. The molecule has 2 rings (SSSR count). The number of carboxylic acids is 1. The fraction of sp³-hybridized carbons (Fsp3) is 0.750. The van der Waals surface area contributed by atoms with E-state index in [0.717, 1.165) is 4.90 Å². The van der Waals surface area contributed by atoms with E-state index in [1.54, 1.807) is 46.4 Å². The van der Waals surface area contributed by atoms with Gasteiger partial charge in [-0.2, -0.15) is 0 Å². The fourth-order valence-electron chi connectivity index (χ4n) is 3.89. The quantitative estimate of drug-likeness (QED) is 0.197. The highest BCUT2D eigenvalue weighted by molar-refractivity contribution is 6.01. The molecule has 0 aromatic heterocycles. The summed E-state index contributed by atoms with van der Waals surface area (Å²) >= 11 is 0. The molecule has 14 heteroatoms. The lowest BCUT2D eigenvalue weighted by atomic mass is 9.91. The standard InChI is InChI=1S/C24H39N5O9/c1-22(2,3)36-19(33)26-18(27-20(34)37-23(4,5)6)25-11-7-8-16(30)28-12-9-24(10-13-28)15-29(14-17(31)32)21(35)38-24/h7-15H2,1-6H3,(H,31,32)(H2,25,26,27,33,34). The Kier molecular flexibility index (Phi) is 9.93. The van der Waals surface area contributed by atoms with Gasteiger partial charge in [0.1, 0.15) is 23.3 Å². The molecule has 0 aromatic carbocycles. The summed E-state index contributed by atoms with van der Waals surface area (Å²) in [7, 11) is 0. The number of aliphatic imine (C=N–C) groups is 1. The Morgan fingerprint density at radius 1 is 1.00 bits per heavy atom. The maximum Gasteiger partial charge on any atom is 0.414 e. The van der Waals surface area contributed by atoms with Crippen molar-refractivity contribution in [2.75, 3.05) is 32.7 Å². The fourth-order valence-corrected chi connectivity index (χ4v) is 3.89. The third kappa shape index (κ3) is 10.4. The molecule has 0 unspecified atom stereocenters. The molecule has 2 aliphatic heterocycles. The van der Waals surface area contributed by atoms with Crippen LogP contribution in [0.5, 0.6) is 0 Å². The number of hydrogen-bond acceptors (Lipinski definition) is 9. The summed E-state index contributed by atoms with van der Waals surface area (Å²) in [6.07, 6.45) is -0.906. The first-order valence-electron chi connectivity index (χ1n) is 12.5. The van der Waals surface area contributed by atoms with Gasteiger partial charge in [-0.15, -0.1) is 0 Å². The van der Waals surface area contributed by atoms with Gasteiger partial charge >= 0.3 is 24.2 Å². The lowest BCUT2D eigenvalue weighted by molar-refractivity contribution is -0.137. The summed E-state index contributed by atoms with van der Waals surface area (Å²) in [5.74, 6) is -1.38. The molecule has 2 heterocycles. The Morgan fingerprint density at radius 3 is 2.00 bits per heavy atom. The molecule has 38 heavy (non-hydrogen) atoms. The molecule has 0 aliphatic carbocycles. The summed E-state index contributed by atoms with van der Waals surface area (Å²) in [5.41, 5.74) is -2.29. The van der Waals surface area contributed by atoms with Gasteiger partial charge in [0.05, 0.1) is 6.54 Å². The van der Waals surface area contributed by atoms with E-state index in [2.05, 4.69) is 15.6 Å². The topological polar surface area (TPSA) is 176 Å². The van der Waals surface area contributed by atoms with Gasteiger partial charge in [0.15, 0.2) is 0 Å². The maximum absolute atomic E-state index is 12.7. The molecule has 2 aliphatic rings. The summed E-state index contributed by atoms with van der Waals surface area (Å²) in [4.78, 5) is 66.9. The Labute approximate surface area is 222 Å². The van der Waals surface area contributed by atoms with Crippen molar-refractivity contribution in [3.05, 3.63) is 0 Å². The first-order valence-corrected chi connectivity index (χ1v) is 12.5. The van der Waals surface area contributed by atoms with Crippen molar-refractivity contribution in [1.29, 1.82) is 0 Å². The van der Waals surface area contributed by atoms with E-state index < -0.39 is 47.6 Å². The zero-order chi connectivity index (χ0) is 28.7. The monoisotopic (exact) mass is 541 g/mol. The van der Waals surface area contributed by atoms with Crippen LogP contribution in [-0.4, -0.2) is 101 Å². The van der Waals surface area contributed by atoms with E-state index in [0.29, 0.717) is 32.4 Å². The lowest BCUT2D eigenvalue weighted by Crippen LogP contribution is -2.49. The minimum Gasteiger partial charge on any atom is -0.480 e. The number of aliphatic carboxylic acids is 1. The smallest absolute Gasteiger partial charge is 0.414 e. The lowest BCUT2D eigenvalue weighted by Gasteiger charge is -2.37. The Morgan fingerprint density at radius 2 is 1.53 bits per heavy atom. The number of rotatable bonds is 6. The van der Waals surface area contributed by atoms with Gasteiger partial charge in [-0.05, 0) is 48.0 Å². The molecule has 14 nitrogen and oxygen atoms in total. The number of carbonyl (C=O) groups is 5. The number of piperidine rings is 1. The van der Waals surface area contributed by atoms with Crippen molar-refractivity contribution in [1.82, 2.24) is 20.4 Å². The van der Waals surface area contributed by atoms with Gasteiger partial charge in [-0.3, -0.25) is 30.1 Å². The molecule has 0 aromatic rings. The summed E-state index contributed by atoms with van der Waals surface area (Å²) in [6.45, 7) is 10.8. The number of alkyl carbamates (subject to hydrolysis) is 2.